The molecule has 3 rings (SSSR count). The van der Waals surface area contributed by atoms with E-state index in [1.165, 1.54) is 11.3 Å². The van der Waals surface area contributed by atoms with Gasteiger partial charge in [-0.3, -0.25) is 9.69 Å². The molecule has 3 aromatic rings. The van der Waals surface area contributed by atoms with Crippen molar-refractivity contribution in [2.24, 2.45) is 0 Å². The minimum Gasteiger partial charge on any atom is -0.497 e. The molecule has 0 aliphatic rings. The van der Waals surface area contributed by atoms with Crippen LogP contribution < -0.4 is 9.64 Å². The quantitative estimate of drug-likeness (QED) is 0.475. The van der Waals surface area contributed by atoms with Gasteiger partial charge in [0.05, 0.1) is 17.3 Å². The number of rotatable bonds is 8. The van der Waals surface area contributed by atoms with Gasteiger partial charge in [-0.1, -0.05) is 41.1 Å². The van der Waals surface area contributed by atoms with Crippen LogP contribution in [0.5, 0.6) is 5.75 Å². The highest BCUT2D eigenvalue weighted by Crippen LogP contribution is 2.31. The van der Waals surface area contributed by atoms with Gasteiger partial charge >= 0.3 is 0 Å². The first kappa shape index (κ1) is 21.3. The van der Waals surface area contributed by atoms with E-state index < -0.39 is 0 Å². The molecular weight excluding hydrogens is 406 g/mol. The number of anilines is 1. The molecule has 1 heterocycles. The lowest BCUT2D eigenvalue weighted by Crippen LogP contribution is -2.32. The van der Waals surface area contributed by atoms with Crippen molar-refractivity contribution in [1.29, 1.82) is 0 Å². The van der Waals surface area contributed by atoms with E-state index >= 15 is 0 Å². The van der Waals surface area contributed by atoms with Gasteiger partial charge in [0.1, 0.15) is 5.75 Å². The van der Waals surface area contributed by atoms with Crippen LogP contribution in [-0.4, -0.2) is 50.1 Å². The molecule has 0 aliphatic carbocycles. The highest BCUT2D eigenvalue weighted by Gasteiger charge is 2.18. The van der Waals surface area contributed by atoms with Crippen molar-refractivity contribution in [2.45, 2.75) is 6.42 Å². The van der Waals surface area contributed by atoms with Crippen molar-refractivity contribution in [3.8, 4) is 5.75 Å². The van der Waals surface area contributed by atoms with Crippen molar-refractivity contribution in [1.82, 2.24) is 9.88 Å². The topological polar surface area (TPSA) is 45.7 Å². The first-order valence-electron chi connectivity index (χ1n) is 9.31. The van der Waals surface area contributed by atoms with Crippen molar-refractivity contribution < 1.29 is 9.53 Å². The molecule has 1 aromatic heterocycles. The van der Waals surface area contributed by atoms with Crippen LogP contribution in [0, 0.1) is 0 Å². The molecule has 0 aliphatic heterocycles. The summed E-state index contributed by atoms with van der Waals surface area (Å²) in [6.07, 6.45) is 4.15. The molecule has 29 heavy (non-hydrogen) atoms. The number of methoxy groups -OCH3 is 1. The zero-order valence-corrected chi connectivity index (χ0v) is 18.3. The molecule has 7 heteroatoms. The molecule has 1 amide bonds. The van der Waals surface area contributed by atoms with Gasteiger partial charge in [-0.15, -0.1) is 0 Å². The second kappa shape index (κ2) is 9.87. The maximum absolute atomic E-state index is 13.0. The van der Waals surface area contributed by atoms with Crippen LogP contribution in [0.4, 0.5) is 5.13 Å². The van der Waals surface area contributed by atoms with Crippen LogP contribution in [-0.2, 0) is 4.79 Å². The number of thiazole rings is 1. The smallest absolute Gasteiger partial charge is 0.252 e. The maximum Gasteiger partial charge on any atom is 0.252 e. The molecule has 0 saturated heterocycles. The van der Waals surface area contributed by atoms with E-state index in [1.807, 2.05) is 56.6 Å². The molecule has 2 aromatic carbocycles. The molecule has 0 radical (unpaired) electrons. The number of aromatic nitrogens is 1. The average Bonchev–Trinajstić information content (AvgIpc) is 3.12. The predicted molar refractivity (Wildman–Crippen MR) is 122 cm³/mol. The zero-order valence-electron chi connectivity index (χ0n) is 16.8. The average molecular weight is 430 g/mol. The highest BCUT2D eigenvalue weighted by atomic mass is 35.5. The number of hydrogen-bond acceptors (Lipinski definition) is 5. The summed E-state index contributed by atoms with van der Waals surface area (Å²) in [6, 6.07) is 13.2. The Kier molecular flexibility index (Phi) is 7.25. The molecule has 0 N–H and O–H groups in total. The molecule has 5 nitrogen and oxygen atoms in total. The summed E-state index contributed by atoms with van der Waals surface area (Å²) in [4.78, 5) is 21.5. The minimum absolute atomic E-state index is 0.116. The molecular formula is C22H24ClN3O2S. The fourth-order valence-corrected chi connectivity index (χ4v) is 4.02. The lowest BCUT2D eigenvalue weighted by molar-refractivity contribution is -0.114. The standard InChI is InChI=1S/C22H24ClN3O2S/c1-25(2)13-6-14-26(21(27)12-9-16-7-4-5-8-18(16)23)22-24-19-15-17(28-3)10-11-20(19)29-22/h4-5,7-12,15H,6,13-14H2,1-3H3. The van der Waals surface area contributed by atoms with Gasteiger partial charge in [-0.05, 0) is 56.9 Å². The Balaban J connectivity index is 1.87. The van der Waals surface area contributed by atoms with Crippen LogP contribution in [0.2, 0.25) is 5.02 Å². The van der Waals surface area contributed by atoms with Crippen molar-refractivity contribution in [2.75, 3.05) is 39.2 Å². The summed E-state index contributed by atoms with van der Waals surface area (Å²) in [5.74, 6) is 0.633. The molecule has 0 unspecified atom stereocenters. The second-order valence-corrected chi connectivity index (χ2v) is 8.25. The number of halogens is 1. The van der Waals surface area contributed by atoms with Gasteiger partial charge in [0, 0.05) is 23.7 Å². The normalized spacial score (nSPS) is 11.5. The maximum atomic E-state index is 13.0. The monoisotopic (exact) mass is 429 g/mol. The summed E-state index contributed by atoms with van der Waals surface area (Å²) in [5.41, 5.74) is 1.63. The van der Waals surface area contributed by atoms with Crippen LogP contribution in [0.3, 0.4) is 0 Å². The van der Waals surface area contributed by atoms with Gasteiger partial charge < -0.3 is 9.64 Å². The van der Waals surface area contributed by atoms with E-state index in [2.05, 4.69) is 9.88 Å². The number of carbonyl (C=O) groups excluding carboxylic acids is 1. The minimum atomic E-state index is -0.116. The van der Waals surface area contributed by atoms with Crippen molar-refractivity contribution >= 4 is 50.3 Å². The molecule has 0 atom stereocenters. The third-order valence-electron chi connectivity index (χ3n) is 4.38. The van der Waals surface area contributed by atoms with E-state index in [1.54, 1.807) is 24.2 Å². The number of benzene rings is 2. The third-order valence-corrected chi connectivity index (χ3v) is 5.78. The van der Waals surface area contributed by atoms with E-state index in [4.69, 9.17) is 16.3 Å². The van der Waals surface area contributed by atoms with Crippen LogP contribution in [0.15, 0.2) is 48.5 Å². The van der Waals surface area contributed by atoms with Crippen LogP contribution in [0.25, 0.3) is 16.3 Å². The summed E-state index contributed by atoms with van der Waals surface area (Å²) in [5, 5.41) is 1.30. The van der Waals surface area contributed by atoms with Crippen molar-refractivity contribution in [3.05, 3.63) is 59.1 Å². The van der Waals surface area contributed by atoms with Gasteiger partial charge in [-0.2, -0.15) is 0 Å². The predicted octanol–water partition coefficient (Wildman–Crippen LogP) is 4.96. The Hall–Kier alpha value is -2.41. The molecule has 152 valence electrons. The zero-order chi connectivity index (χ0) is 20.8. The fraction of sp³-hybridized carbons (Fsp3) is 0.273. The summed E-state index contributed by atoms with van der Waals surface area (Å²) in [7, 11) is 5.67. The Morgan fingerprint density at radius 2 is 2.00 bits per heavy atom. The molecule has 0 saturated carbocycles. The number of hydrogen-bond donors (Lipinski definition) is 0. The van der Waals surface area contributed by atoms with Crippen molar-refractivity contribution in [3.63, 3.8) is 0 Å². The number of ether oxygens (including phenoxy) is 1. The first-order valence-corrected chi connectivity index (χ1v) is 10.5. The highest BCUT2D eigenvalue weighted by molar-refractivity contribution is 7.22. The van der Waals surface area contributed by atoms with Crippen LogP contribution in [0.1, 0.15) is 12.0 Å². The molecule has 0 bridgehead atoms. The van der Waals surface area contributed by atoms with E-state index in [0.717, 1.165) is 34.5 Å². The SMILES string of the molecule is COc1ccc2sc(N(CCCN(C)C)C(=O)C=Cc3ccccc3Cl)nc2c1. The number of fused-ring (bicyclic) bond motifs is 1. The Bertz CT molecular complexity index is 1020. The summed E-state index contributed by atoms with van der Waals surface area (Å²) < 4.78 is 6.30. The Labute approximate surface area is 180 Å². The van der Waals surface area contributed by atoms with Crippen LogP contribution >= 0.6 is 22.9 Å². The lowest BCUT2D eigenvalue weighted by Gasteiger charge is -2.19. The van der Waals surface area contributed by atoms with Gasteiger partial charge in [0.25, 0.3) is 5.91 Å². The Morgan fingerprint density at radius 3 is 2.72 bits per heavy atom. The number of amides is 1. The number of nitrogens with zero attached hydrogens (tertiary/aromatic N) is 3. The Morgan fingerprint density at radius 1 is 1.21 bits per heavy atom. The van der Waals surface area contributed by atoms with Gasteiger partial charge in [0.2, 0.25) is 0 Å². The molecule has 0 fully saturated rings. The van der Waals surface area contributed by atoms with Gasteiger partial charge in [0.15, 0.2) is 5.13 Å². The third kappa shape index (κ3) is 5.56. The summed E-state index contributed by atoms with van der Waals surface area (Å²) in [6.45, 7) is 1.47. The van der Waals surface area contributed by atoms with E-state index in [-0.39, 0.29) is 5.91 Å². The number of carbonyl (C=O) groups is 1. The lowest BCUT2D eigenvalue weighted by atomic mass is 10.2. The van der Waals surface area contributed by atoms with E-state index in [0.29, 0.717) is 16.7 Å². The summed E-state index contributed by atoms with van der Waals surface area (Å²) >= 11 is 7.70. The molecule has 0 spiro atoms. The fourth-order valence-electron chi connectivity index (χ4n) is 2.84. The first-order chi connectivity index (χ1) is 14.0. The largest absolute Gasteiger partial charge is 0.497 e. The second-order valence-electron chi connectivity index (χ2n) is 6.83. The van der Waals surface area contributed by atoms with Gasteiger partial charge in [-0.25, -0.2) is 4.98 Å². The van der Waals surface area contributed by atoms with E-state index in [9.17, 15) is 4.79 Å².